The third-order valence-corrected chi connectivity index (χ3v) is 7.18. The molecule has 1 saturated carbocycles. The molecule has 0 aromatic heterocycles. The molecule has 0 aliphatic heterocycles. The Bertz CT molecular complexity index is 660. The summed E-state index contributed by atoms with van der Waals surface area (Å²) >= 11 is 11.1. The monoisotopic (exact) mass is 361 g/mol. The van der Waals surface area contributed by atoms with Crippen LogP contribution in [0.4, 0.5) is 0 Å². The van der Waals surface area contributed by atoms with Gasteiger partial charge in [0.05, 0.1) is 22.3 Å². The van der Waals surface area contributed by atoms with Crippen LogP contribution in [0.3, 0.4) is 0 Å². The molecule has 0 radical (unpaired) electrons. The van der Waals surface area contributed by atoms with Gasteiger partial charge in [0.25, 0.3) is 0 Å². The second-order valence-electron chi connectivity index (χ2n) is 5.44. The standard InChI is InChI=1S/C15H20ClNO3S2/c1-3-20-9-15(14(17)21)12(13(15)22(18,19)4-2)10-5-7-11(16)8-6-10/h5-8,12-13H,3-4,9H2,1-2H3,(H2,17,21). The van der Waals surface area contributed by atoms with Gasteiger partial charge < -0.3 is 10.5 Å². The molecule has 0 heterocycles. The van der Waals surface area contributed by atoms with E-state index in [4.69, 9.17) is 34.3 Å². The first kappa shape index (κ1) is 17.7. The summed E-state index contributed by atoms with van der Waals surface area (Å²) < 4.78 is 30.5. The number of halogens is 1. The quantitative estimate of drug-likeness (QED) is 0.756. The summed E-state index contributed by atoms with van der Waals surface area (Å²) in [6.07, 6.45) is 0. The van der Waals surface area contributed by atoms with Crippen LogP contribution in [0.15, 0.2) is 24.3 Å². The molecule has 1 aromatic rings. The highest BCUT2D eigenvalue weighted by Crippen LogP contribution is 2.63. The molecule has 0 spiro atoms. The van der Waals surface area contributed by atoms with E-state index in [2.05, 4.69) is 0 Å². The zero-order chi connectivity index (χ0) is 16.5. The maximum atomic E-state index is 12.5. The maximum Gasteiger partial charge on any atom is 0.154 e. The molecule has 3 unspecified atom stereocenters. The molecule has 0 amide bonds. The highest BCUT2D eigenvalue weighted by Gasteiger charge is 2.72. The van der Waals surface area contributed by atoms with Gasteiger partial charge in [-0.3, -0.25) is 0 Å². The highest BCUT2D eigenvalue weighted by atomic mass is 35.5. The van der Waals surface area contributed by atoms with Crippen molar-refractivity contribution in [2.75, 3.05) is 19.0 Å². The second kappa shape index (κ2) is 6.43. The predicted molar refractivity (Wildman–Crippen MR) is 93.2 cm³/mol. The molecule has 3 atom stereocenters. The average molecular weight is 362 g/mol. The van der Waals surface area contributed by atoms with Gasteiger partial charge in [-0.2, -0.15) is 0 Å². The SMILES string of the molecule is CCOCC1(C(N)=S)C(c2ccc(Cl)cc2)C1S(=O)(=O)CC. The normalized spacial score (nSPS) is 27.6. The van der Waals surface area contributed by atoms with E-state index >= 15 is 0 Å². The minimum absolute atomic E-state index is 0.0538. The van der Waals surface area contributed by atoms with Gasteiger partial charge >= 0.3 is 0 Å². The third-order valence-electron chi connectivity index (χ3n) is 4.28. The molecule has 1 aliphatic carbocycles. The van der Waals surface area contributed by atoms with Crippen molar-refractivity contribution in [1.82, 2.24) is 0 Å². The number of hydrogen-bond donors (Lipinski definition) is 1. The molecule has 0 bridgehead atoms. The van der Waals surface area contributed by atoms with Crippen LogP contribution in [0.1, 0.15) is 25.3 Å². The summed E-state index contributed by atoms with van der Waals surface area (Å²) in [6, 6.07) is 7.15. The Labute approximate surface area is 141 Å². The van der Waals surface area contributed by atoms with E-state index in [0.29, 0.717) is 11.6 Å². The number of nitrogens with two attached hydrogens (primary N) is 1. The summed E-state index contributed by atoms with van der Waals surface area (Å²) in [5.74, 6) is -0.225. The number of thiocarbonyl (C=S) groups is 1. The Hall–Kier alpha value is -0.690. The average Bonchev–Trinajstić information content (AvgIpc) is 3.17. The van der Waals surface area contributed by atoms with E-state index in [1.165, 1.54) is 0 Å². The van der Waals surface area contributed by atoms with Crippen molar-refractivity contribution >= 4 is 38.6 Å². The number of benzene rings is 1. The molecular formula is C15H20ClNO3S2. The van der Waals surface area contributed by atoms with Gasteiger partial charge in [0.15, 0.2) is 9.84 Å². The van der Waals surface area contributed by atoms with Crippen LogP contribution in [0.2, 0.25) is 5.02 Å². The molecule has 22 heavy (non-hydrogen) atoms. The largest absolute Gasteiger partial charge is 0.393 e. The Kier molecular flexibility index (Phi) is 5.16. The lowest BCUT2D eigenvalue weighted by atomic mass is 10.00. The first-order valence-electron chi connectivity index (χ1n) is 7.16. The van der Waals surface area contributed by atoms with Gasteiger partial charge in [-0.05, 0) is 24.6 Å². The fourth-order valence-electron chi connectivity index (χ4n) is 3.06. The van der Waals surface area contributed by atoms with Crippen molar-refractivity contribution in [3.05, 3.63) is 34.9 Å². The van der Waals surface area contributed by atoms with Crippen molar-refractivity contribution in [2.45, 2.75) is 25.0 Å². The fourth-order valence-corrected chi connectivity index (χ4v) is 5.65. The molecule has 1 fully saturated rings. The lowest BCUT2D eigenvalue weighted by molar-refractivity contribution is 0.121. The minimum Gasteiger partial charge on any atom is -0.393 e. The van der Waals surface area contributed by atoms with Gasteiger partial charge in [0.1, 0.15) is 0 Å². The Morgan fingerprint density at radius 3 is 2.41 bits per heavy atom. The number of hydrogen-bond acceptors (Lipinski definition) is 4. The summed E-state index contributed by atoms with van der Waals surface area (Å²) in [5, 5.41) is -0.0275. The van der Waals surface area contributed by atoms with Crippen LogP contribution in [0.5, 0.6) is 0 Å². The summed E-state index contributed by atoms with van der Waals surface area (Å²) in [4.78, 5) is 0.197. The zero-order valence-electron chi connectivity index (χ0n) is 12.6. The van der Waals surface area contributed by atoms with Gasteiger partial charge in [0, 0.05) is 23.3 Å². The van der Waals surface area contributed by atoms with Crippen molar-refractivity contribution in [2.24, 2.45) is 11.1 Å². The van der Waals surface area contributed by atoms with E-state index < -0.39 is 20.5 Å². The lowest BCUT2D eigenvalue weighted by Gasteiger charge is -2.16. The van der Waals surface area contributed by atoms with Crippen molar-refractivity contribution in [3.63, 3.8) is 0 Å². The van der Waals surface area contributed by atoms with Crippen molar-refractivity contribution in [1.29, 1.82) is 0 Å². The minimum atomic E-state index is -3.30. The van der Waals surface area contributed by atoms with Crippen LogP contribution in [0.25, 0.3) is 0 Å². The van der Waals surface area contributed by atoms with E-state index in [1.807, 2.05) is 19.1 Å². The van der Waals surface area contributed by atoms with Gasteiger partial charge in [0.2, 0.25) is 0 Å². The Morgan fingerprint density at radius 2 is 1.95 bits per heavy atom. The van der Waals surface area contributed by atoms with Gasteiger partial charge in [-0.15, -0.1) is 0 Å². The van der Waals surface area contributed by atoms with Gasteiger partial charge in [-0.25, -0.2) is 8.42 Å². The maximum absolute atomic E-state index is 12.5. The van der Waals surface area contributed by atoms with E-state index in [-0.39, 0.29) is 23.3 Å². The highest BCUT2D eigenvalue weighted by molar-refractivity contribution is 7.92. The van der Waals surface area contributed by atoms with Crippen LogP contribution in [0, 0.1) is 5.41 Å². The van der Waals surface area contributed by atoms with Crippen LogP contribution >= 0.6 is 23.8 Å². The smallest absolute Gasteiger partial charge is 0.154 e. The molecule has 1 aliphatic rings. The third kappa shape index (κ3) is 2.89. The molecule has 2 rings (SSSR count). The second-order valence-corrected chi connectivity index (χ2v) is 8.73. The molecule has 2 N–H and O–H groups in total. The fraction of sp³-hybridized carbons (Fsp3) is 0.533. The van der Waals surface area contributed by atoms with Crippen molar-refractivity contribution < 1.29 is 13.2 Å². The molecule has 122 valence electrons. The first-order chi connectivity index (χ1) is 10.3. The lowest BCUT2D eigenvalue weighted by Crippen LogP contribution is -2.34. The summed E-state index contributed by atoms with van der Waals surface area (Å²) in [5.41, 5.74) is 5.98. The molecule has 1 aromatic carbocycles. The summed E-state index contributed by atoms with van der Waals surface area (Å²) in [7, 11) is -3.30. The topological polar surface area (TPSA) is 69.4 Å². The summed E-state index contributed by atoms with van der Waals surface area (Å²) in [6.45, 7) is 4.19. The van der Waals surface area contributed by atoms with E-state index in [9.17, 15) is 8.42 Å². The van der Waals surface area contributed by atoms with Crippen LogP contribution in [-0.4, -0.2) is 37.6 Å². The van der Waals surface area contributed by atoms with Crippen LogP contribution in [-0.2, 0) is 14.6 Å². The molecule has 7 heteroatoms. The molecular weight excluding hydrogens is 342 g/mol. The zero-order valence-corrected chi connectivity index (χ0v) is 15.0. The van der Waals surface area contributed by atoms with Crippen LogP contribution < -0.4 is 5.73 Å². The Balaban J connectivity index is 2.48. The molecule has 0 saturated heterocycles. The van der Waals surface area contributed by atoms with E-state index in [0.717, 1.165) is 5.56 Å². The van der Waals surface area contributed by atoms with E-state index in [1.54, 1.807) is 19.1 Å². The predicted octanol–water partition coefficient (Wildman–Crippen LogP) is 2.55. The number of sulfone groups is 1. The first-order valence-corrected chi connectivity index (χ1v) is 9.66. The number of ether oxygens (including phenoxy) is 1. The van der Waals surface area contributed by atoms with Crippen molar-refractivity contribution in [3.8, 4) is 0 Å². The Morgan fingerprint density at radius 1 is 1.36 bits per heavy atom. The molecule has 4 nitrogen and oxygen atoms in total. The van der Waals surface area contributed by atoms with Gasteiger partial charge in [-0.1, -0.05) is 42.9 Å². The number of rotatable bonds is 7.